The molecule has 0 bridgehead atoms. The van der Waals surface area contributed by atoms with Crippen LogP contribution >= 0.6 is 11.6 Å². The third-order valence-corrected chi connectivity index (χ3v) is 3.94. The molecule has 0 amide bonds. The number of aromatic nitrogens is 1. The van der Waals surface area contributed by atoms with Crippen molar-refractivity contribution in [1.29, 1.82) is 0 Å². The number of hydrogen-bond donors (Lipinski definition) is 1. The molecule has 0 saturated heterocycles. The van der Waals surface area contributed by atoms with Crippen molar-refractivity contribution >= 4 is 17.4 Å². The summed E-state index contributed by atoms with van der Waals surface area (Å²) in [5.41, 5.74) is 6.57. The van der Waals surface area contributed by atoms with Gasteiger partial charge in [0.05, 0.1) is 5.02 Å². The van der Waals surface area contributed by atoms with E-state index in [1.807, 2.05) is 6.07 Å². The van der Waals surface area contributed by atoms with Crippen LogP contribution in [0.1, 0.15) is 24.8 Å². The number of halogens is 1. The molecule has 2 unspecified atom stereocenters. The highest BCUT2D eigenvalue weighted by Crippen LogP contribution is 2.32. The number of hydrogen-bond acceptors (Lipinski definition) is 3. The van der Waals surface area contributed by atoms with Gasteiger partial charge in [-0.05, 0) is 36.9 Å². The van der Waals surface area contributed by atoms with Gasteiger partial charge in [-0.25, -0.2) is 0 Å². The van der Waals surface area contributed by atoms with Gasteiger partial charge in [0, 0.05) is 24.7 Å². The second kappa shape index (κ2) is 5.61. The Kier molecular flexibility index (Phi) is 4.13. The van der Waals surface area contributed by atoms with Crippen LogP contribution in [0.2, 0.25) is 5.02 Å². The number of nitrogens with zero attached hydrogens (tertiary/aromatic N) is 1. The Morgan fingerprint density at radius 1 is 1.53 bits per heavy atom. The molecular formula is C13H17ClN2O. The number of carbonyl (C=O) groups is 1. The van der Waals surface area contributed by atoms with Crippen LogP contribution in [0.15, 0.2) is 18.5 Å². The molecule has 1 fully saturated rings. The molecule has 92 valence electrons. The van der Waals surface area contributed by atoms with E-state index in [4.69, 9.17) is 17.3 Å². The minimum Gasteiger partial charge on any atom is -0.330 e. The van der Waals surface area contributed by atoms with Crippen LogP contribution in [-0.2, 0) is 11.2 Å². The Morgan fingerprint density at radius 2 is 2.35 bits per heavy atom. The minimum absolute atomic E-state index is 0.129. The van der Waals surface area contributed by atoms with Gasteiger partial charge in [0.2, 0.25) is 0 Å². The van der Waals surface area contributed by atoms with E-state index in [9.17, 15) is 4.79 Å². The predicted octanol–water partition coefficient (Wildman–Crippen LogP) is 2.22. The second-order valence-corrected chi connectivity index (χ2v) is 5.05. The Bertz CT molecular complexity index is 408. The number of Topliss-reactive ketones (excluding diaryl/α,β-unsaturated/α-hetero) is 1. The average molecular weight is 253 g/mol. The van der Waals surface area contributed by atoms with E-state index in [0.717, 1.165) is 24.8 Å². The summed E-state index contributed by atoms with van der Waals surface area (Å²) < 4.78 is 0. The molecule has 17 heavy (non-hydrogen) atoms. The summed E-state index contributed by atoms with van der Waals surface area (Å²) in [6.07, 6.45) is 6.83. The molecule has 3 nitrogen and oxygen atoms in total. The molecule has 0 spiro atoms. The Hall–Kier alpha value is -0.930. The Labute approximate surface area is 106 Å². The standard InChI is InChI=1S/C13H17ClN2O/c14-12-8-16-5-4-9(12)6-13(17)11-3-1-2-10(11)7-15/h4-5,8,10-11H,1-3,6-7,15H2. The van der Waals surface area contributed by atoms with Gasteiger partial charge in [-0.3, -0.25) is 9.78 Å². The molecule has 1 saturated carbocycles. The zero-order chi connectivity index (χ0) is 12.3. The fourth-order valence-electron chi connectivity index (χ4n) is 2.61. The van der Waals surface area contributed by atoms with Crippen molar-refractivity contribution in [1.82, 2.24) is 4.98 Å². The molecule has 0 aliphatic heterocycles. The molecule has 1 heterocycles. The maximum Gasteiger partial charge on any atom is 0.140 e. The summed E-state index contributed by atoms with van der Waals surface area (Å²) in [6, 6.07) is 1.81. The molecule has 1 aliphatic rings. The van der Waals surface area contributed by atoms with E-state index in [1.54, 1.807) is 12.4 Å². The number of rotatable bonds is 4. The van der Waals surface area contributed by atoms with Crippen molar-refractivity contribution < 1.29 is 4.79 Å². The van der Waals surface area contributed by atoms with E-state index in [1.165, 1.54) is 0 Å². The zero-order valence-electron chi connectivity index (χ0n) is 9.73. The van der Waals surface area contributed by atoms with E-state index in [0.29, 0.717) is 23.9 Å². The number of nitrogens with two attached hydrogens (primary N) is 1. The minimum atomic E-state index is 0.129. The first kappa shape index (κ1) is 12.5. The number of ketones is 1. The molecule has 2 rings (SSSR count). The first-order valence-corrected chi connectivity index (χ1v) is 6.41. The van der Waals surface area contributed by atoms with Gasteiger partial charge in [0.25, 0.3) is 0 Å². The van der Waals surface area contributed by atoms with Crippen molar-refractivity contribution in [3.05, 3.63) is 29.0 Å². The zero-order valence-corrected chi connectivity index (χ0v) is 10.5. The Balaban J connectivity index is 2.04. The third-order valence-electron chi connectivity index (χ3n) is 3.60. The van der Waals surface area contributed by atoms with Gasteiger partial charge in [-0.1, -0.05) is 18.0 Å². The van der Waals surface area contributed by atoms with E-state index in [-0.39, 0.29) is 11.7 Å². The van der Waals surface area contributed by atoms with Gasteiger partial charge in [0.1, 0.15) is 5.78 Å². The summed E-state index contributed by atoms with van der Waals surface area (Å²) in [7, 11) is 0. The van der Waals surface area contributed by atoms with Gasteiger partial charge < -0.3 is 5.73 Å². The fourth-order valence-corrected chi connectivity index (χ4v) is 2.80. The highest BCUT2D eigenvalue weighted by atomic mass is 35.5. The normalized spacial score (nSPS) is 23.9. The van der Waals surface area contributed by atoms with Crippen LogP contribution in [0.3, 0.4) is 0 Å². The Morgan fingerprint density at radius 3 is 3.06 bits per heavy atom. The van der Waals surface area contributed by atoms with Crippen LogP contribution in [-0.4, -0.2) is 17.3 Å². The molecule has 4 heteroatoms. The van der Waals surface area contributed by atoms with E-state index >= 15 is 0 Å². The van der Waals surface area contributed by atoms with Crippen molar-refractivity contribution in [3.63, 3.8) is 0 Å². The van der Waals surface area contributed by atoms with Gasteiger partial charge in [-0.2, -0.15) is 0 Å². The van der Waals surface area contributed by atoms with E-state index in [2.05, 4.69) is 4.98 Å². The summed E-state index contributed by atoms with van der Waals surface area (Å²) in [5.74, 6) is 0.762. The lowest BCUT2D eigenvalue weighted by Crippen LogP contribution is -2.26. The smallest absolute Gasteiger partial charge is 0.140 e. The first-order chi connectivity index (χ1) is 8.22. The lowest BCUT2D eigenvalue weighted by Gasteiger charge is -2.16. The number of carbonyl (C=O) groups excluding carboxylic acids is 1. The lowest BCUT2D eigenvalue weighted by molar-refractivity contribution is -0.123. The molecule has 1 aliphatic carbocycles. The summed E-state index contributed by atoms with van der Waals surface area (Å²) in [5, 5.41) is 0.572. The van der Waals surface area contributed by atoms with Crippen LogP contribution < -0.4 is 5.73 Å². The molecule has 0 radical (unpaired) electrons. The largest absolute Gasteiger partial charge is 0.330 e. The monoisotopic (exact) mass is 252 g/mol. The predicted molar refractivity (Wildman–Crippen MR) is 67.8 cm³/mol. The highest BCUT2D eigenvalue weighted by molar-refractivity contribution is 6.31. The SMILES string of the molecule is NCC1CCCC1C(=O)Cc1ccncc1Cl. The van der Waals surface area contributed by atoms with E-state index < -0.39 is 0 Å². The van der Waals surface area contributed by atoms with Gasteiger partial charge in [0.15, 0.2) is 0 Å². The topological polar surface area (TPSA) is 56.0 Å². The fraction of sp³-hybridized carbons (Fsp3) is 0.538. The highest BCUT2D eigenvalue weighted by Gasteiger charge is 2.31. The van der Waals surface area contributed by atoms with Crippen molar-refractivity contribution in [3.8, 4) is 0 Å². The molecule has 1 aromatic rings. The molecule has 2 atom stereocenters. The maximum atomic E-state index is 12.2. The van der Waals surface area contributed by atoms with Crippen molar-refractivity contribution in [2.75, 3.05) is 6.54 Å². The van der Waals surface area contributed by atoms with Crippen LogP contribution in [0.4, 0.5) is 0 Å². The first-order valence-electron chi connectivity index (χ1n) is 6.03. The van der Waals surface area contributed by atoms with Gasteiger partial charge >= 0.3 is 0 Å². The maximum absolute atomic E-state index is 12.2. The molecular weight excluding hydrogens is 236 g/mol. The average Bonchev–Trinajstić information content (AvgIpc) is 2.80. The van der Waals surface area contributed by atoms with Crippen LogP contribution in [0, 0.1) is 11.8 Å². The summed E-state index contributed by atoms with van der Waals surface area (Å²) >= 11 is 6.01. The molecule has 1 aromatic heterocycles. The quantitative estimate of drug-likeness (QED) is 0.894. The number of pyridine rings is 1. The lowest BCUT2D eigenvalue weighted by atomic mass is 9.89. The molecule has 0 aromatic carbocycles. The molecule has 2 N–H and O–H groups in total. The summed E-state index contributed by atoms with van der Waals surface area (Å²) in [4.78, 5) is 16.1. The van der Waals surface area contributed by atoms with Gasteiger partial charge in [-0.15, -0.1) is 0 Å². The van der Waals surface area contributed by atoms with Crippen LogP contribution in [0.5, 0.6) is 0 Å². The third kappa shape index (κ3) is 2.85. The summed E-state index contributed by atoms with van der Waals surface area (Å²) in [6.45, 7) is 0.612. The second-order valence-electron chi connectivity index (χ2n) is 4.64. The van der Waals surface area contributed by atoms with Crippen molar-refractivity contribution in [2.45, 2.75) is 25.7 Å². The van der Waals surface area contributed by atoms with Crippen LogP contribution in [0.25, 0.3) is 0 Å². The van der Waals surface area contributed by atoms with Crippen molar-refractivity contribution in [2.24, 2.45) is 17.6 Å².